The lowest BCUT2D eigenvalue weighted by molar-refractivity contribution is 0.618. The molecular formula is C11H19NS2. The van der Waals surface area contributed by atoms with Crippen molar-refractivity contribution in [1.29, 1.82) is 0 Å². The lowest BCUT2D eigenvalue weighted by Crippen LogP contribution is -2.30. The van der Waals surface area contributed by atoms with Crippen LogP contribution in [-0.4, -0.2) is 24.6 Å². The van der Waals surface area contributed by atoms with E-state index in [0.29, 0.717) is 6.04 Å². The number of rotatable bonds is 7. The van der Waals surface area contributed by atoms with Gasteiger partial charge in [0.25, 0.3) is 0 Å². The van der Waals surface area contributed by atoms with Crippen LogP contribution in [0.4, 0.5) is 0 Å². The van der Waals surface area contributed by atoms with Crippen molar-refractivity contribution in [2.75, 3.05) is 18.6 Å². The first-order valence-corrected chi connectivity index (χ1v) is 7.22. The zero-order valence-electron chi connectivity index (χ0n) is 8.95. The van der Waals surface area contributed by atoms with E-state index in [1.807, 2.05) is 11.8 Å². The normalized spacial score (nSPS) is 13.0. The van der Waals surface area contributed by atoms with Crippen LogP contribution in [0.1, 0.15) is 18.9 Å². The highest BCUT2D eigenvalue weighted by atomic mass is 32.2. The maximum atomic E-state index is 3.38. The molecule has 0 aromatic carbocycles. The Bertz CT molecular complexity index is 221. The fourth-order valence-corrected chi connectivity index (χ4v) is 3.01. The summed E-state index contributed by atoms with van der Waals surface area (Å²) in [6.45, 7) is 2.24. The number of thiophene rings is 1. The van der Waals surface area contributed by atoms with Crippen LogP contribution in [0, 0.1) is 0 Å². The van der Waals surface area contributed by atoms with Crippen LogP contribution < -0.4 is 5.32 Å². The Balaban J connectivity index is 2.24. The van der Waals surface area contributed by atoms with Gasteiger partial charge >= 0.3 is 0 Å². The van der Waals surface area contributed by atoms with Crippen LogP contribution in [0.2, 0.25) is 0 Å². The number of nitrogens with one attached hydrogen (secondary N) is 1. The lowest BCUT2D eigenvalue weighted by Gasteiger charge is -2.14. The minimum Gasteiger partial charge on any atom is -0.316 e. The van der Waals surface area contributed by atoms with Crippen molar-refractivity contribution >= 4 is 23.1 Å². The van der Waals surface area contributed by atoms with E-state index in [4.69, 9.17) is 0 Å². The van der Waals surface area contributed by atoms with Gasteiger partial charge in [-0.05, 0) is 48.0 Å². The molecule has 14 heavy (non-hydrogen) atoms. The van der Waals surface area contributed by atoms with Crippen molar-refractivity contribution in [3.05, 3.63) is 22.4 Å². The van der Waals surface area contributed by atoms with Gasteiger partial charge in [-0.15, -0.1) is 0 Å². The first kappa shape index (κ1) is 12.1. The van der Waals surface area contributed by atoms with Crippen LogP contribution in [0.3, 0.4) is 0 Å². The largest absolute Gasteiger partial charge is 0.316 e. The molecule has 1 heterocycles. The first-order chi connectivity index (χ1) is 6.86. The van der Waals surface area contributed by atoms with E-state index in [1.54, 1.807) is 11.3 Å². The minimum atomic E-state index is 0.626. The second-order valence-corrected chi connectivity index (χ2v) is 5.33. The molecule has 0 saturated heterocycles. The van der Waals surface area contributed by atoms with Crippen molar-refractivity contribution < 1.29 is 0 Å². The summed E-state index contributed by atoms with van der Waals surface area (Å²) in [5.74, 6) is 2.50. The van der Waals surface area contributed by atoms with Gasteiger partial charge in [0.15, 0.2) is 0 Å². The van der Waals surface area contributed by atoms with Crippen molar-refractivity contribution in [2.24, 2.45) is 0 Å². The molecule has 1 nitrogen and oxygen atoms in total. The van der Waals surface area contributed by atoms with Crippen LogP contribution in [0.15, 0.2) is 16.8 Å². The Labute approximate surface area is 95.3 Å². The molecule has 1 aromatic heterocycles. The smallest absolute Gasteiger partial charge is 0.0195 e. The summed E-state index contributed by atoms with van der Waals surface area (Å²) in [5, 5.41) is 7.78. The zero-order chi connectivity index (χ0) is 10.2. The monoisotopic (exact) mass is 229 g/mol. The predicted molar refractivity (Wildman–Crippen MR) is 68.5 cm³/mol. The highest BCUT2D eigenvalue weighted by Gasteiger charge is 2.06. The van der Waals surface area contributed by atoms with E-state index in [2.05, 4.69) is 36.1 Å². The predicted octanol–water partition coefficient (Wildman–Crippen LogP) is 3.02. The van der Waals surface area contributed by atoms with E-state index in [0.717, 1.165) is 6.42 Å². The van der Waals surface area contributed by atoms with Crippen molar-refractivity contribution in [3.8, 4) is 0 Å². The Morgan fingerprint density at radius 3 is 3.00 bits per heavy atom. The van der Waals surface area contributed by atoms with Crippen molar-refractivity contribution in [3.63, 3.8) is 0 Å². The highest BCUT2D eigenvalue weighted by molar-refractivity contribution is 7.99. The van der Waals surface area contributed by atoms with E-state index in [1.165, 1.54) is 23.5 Å². The molecule has 0 spiro atoms. The van der Waals surface area contributed by atoms with Gasteiger partial charge in [-0.3, -0.25) is 0 Å². The summed E-state index contributed by atoms with van der Waals surface area (Å²) < 4.78 is 0. The summed E-state index contributed by atoms with van der Waals surface area (Å²) >= 11 is 3.83. The molecule has 0 aliphatic carbocycles. The molecule has 0 saturated carbocycles. The number of hydrogen-bond acceptors (Lipinski definition) is 3. The van der Waals surface area contributed by atoms with Crippen molar-refractivity contribution in [2.45, 2.75) is 25.8 Å². The number of thioether (sulfide) groups is 1. The topological polar surface area (TPSA) is 12.0 Å². The third kappa shape index (κ3) is 4.49. The van der Waals surface area contributed by atoms with Gasteiger partial charge in [0.2, 0.25) is 0 Å². The molecule has 1 rings (SSSR count). The molecule has 1 aromatic rings. The fourth-order valence-electron chi connectivity index (χ4n) is 1.31. The third-order valence-electron chi connectivity index (χ3n) is 2.14. The van der Waals surface area contributed by atoms with Gasteiger partial charge in [0, 0.05) is 11.8 Å². The summed E-state index contributed by atoms with van der Waals surface area (Å²) in [4.78, 5) is 0. The van der Waals surface area contributed by atoms with Gasteiger partial charge in [-0.25, -0.2) is 0 Å². The first-order valence-electron chi connectivity index (χ1n) is 5.13. The molecule has 3 heteroatoms. The van der Waals surface area contributed by atoms with E-state index < -0.39 is 0 Å². The molecule has 0 aliphatic rings. The highest BCUT2D eigenvalue weighted by Crippen LogP contribution is 2.12. The molecule has 0 amide bonds. The molecule has 0 bridgehead atoms. The average Bonchev–Trinajstić information content (AvgIpc) is 2.69. The Kier molecular flexibility index (Phi) is 6.32. The molecule has 0 aliphatic heterocycles. The maximum absolute atomic E-state index is 3.38. The van der Waals surface area contributed by atoms with Crippen LogP contribution in [-0.2, 0) is 6.42 Å². The van der Waals surface area contributed by atoms with Gasteiger partial charge in [-0.2, -0.15) is 23.1 Å². The zero-order valence-corrected chi connectivity index (χ0v) is 10.6. The lowest BCUT2D eigenvalue weighted by atomic mass is 10.1. The number of hydrogen-bond donors (Lipinski definition) is 1. The average molecular weight is 229 g/mol. The standard InChI is InChI=1S/C11H19NS2/c1-3-5-13-9-11(12-2)7-10-4-6-14-8-10/h4,6,8,11-12H,3,5,7,9H2,1-2H3. The van der Waals surface area contributed by atoms with Gasteiger partial charge in [0.1, 0.15) is 0 Å². The summed E-state index contributed by atoms with van der Waals surface area (Å²) in [7, 11) is 2.06. The van der Waals surface area contributed by atoms with E-state index >= 15 is 0 Å². The van der Waals surface area contributed by atoms with Crippen LogP contribution in [0.25, 0.3) is 0 Å². The van der Waals surface area contributed by atoms with Crippen molar-refractivity contribution in [1.82, 2.24) is 5.32 Å². The molecule has 1 atom stereocenters. The summed E-state index contributed by atoms with van der Waals surface area (Å²) in [5.41, 5.74) is 1.46. The fraction of sp³-hybridized carbons (Fsp3) is 0.636. The Hall–Kier alpha value is 0.01000. The SMILES string of the molecule is CCCSCC(Cc1ccsc1)NC. The van der Waals surface area contributed by atoms with Crippen LogP contribution in [0.5, 0.6) is 0 Å². The Morgan fingerprint density at radius 2 is 2.43 bits per heavy atom. The molecule has 1 unspecified atom stereocenters. The molecule has 0 radical (unpaired) electrons. The van der Waals surface area contributed by atoms with E-state index in [9.17, 15) is 0 Å². The van der Waals surface area contributed by atoms with Gasteiger partial charge in [0.05, 0.1) is 0 Å². The van der Waals surface area contributed by atoms with Gasteiger partial charge < -0.3 is 5.32 Å². The third-order valence-corrected chi connectivity index (χ3v) is 4.20. The molecule has 0 fully saturated rings. The number of likely N-dealkylation sites (N-methyl/N-ethyl adjacent to an activating group) is 1. The molecular weight excluding hydrogens is 210 g/mol. The van der Waals surface area contributed by atoms with Crippen LogP contribution >= 0.6 is 23.1 Å². The second-order valence-electron chi connectivity index (χ2n) is 3.40. The Morgan fingerprint density at radius 1 is 1.57 bits per heavy atom. The quantitative estimate of drug-likeness (QED) is 0.721. The van der Waals surface area contributed by atoms with E-state index in [-0.39, 0.29) is 0 Å². The molecule has 1 N–H and O–H groups in total. The summed E-state index contributed by atoms with van der Waals surface area (Å²) in [6.07, 6.45) is 2.44. The summed E-state index contributed by atoms with van der Waals surface area (Å²) in [6, 6.07) is 2.85. The second kappa shape index (κ2) is 7.32. The molecule has 80 valence electrons. The maximum Gasteiger partial charge on any atom is 0.0195 e. The van der Waals surface area contributed by atoms with Gasteiger partial charge in [-0.1, -0.05) is 6.92 Å². The minimum absolute atomic E-state index is 0.626.